The van der Waals surface area contributed by atoms with Gasteiger partial charge in [0.05, 0.1) is 0 Å². The fraction of sp³-hybridized carbons (Fsp3) is 0.615. The van der Waals surface area contributed by atoms with Gasteiger partial charge in [-0.25, -0.2) is 0 Å². The van der Waals surface area contributed by atoms with Gasteiger partial charge in [-0.3, -0.25) is 4.79 Å². The Morgan fingerprint density at radius 1 is 1.41 bits per heavy atom. The second-order valence-corrected chi connectivity index (χ2v) is 5.42. The van der Waals surface area contributed by atoms with Gasteiger partial charge >= 0.3 is 0 Å². The number of rotatable bonds is 8. The summed E-state index contributed by atoms with van der Waals surface area (Å²) in [5.41, 5.74) is 0. The molecule has 0 atom stereocenters. The fourth-order valence-corrected chi connectivity index (χ4v) is 2.22. The minimum Gasteiger partial charge on any atom is -0.356 e. The first kappa shape index (κ1) is 14.2. The summed E-state index contributed by atoms with van der Waals surface area (Å²) in [6.07, 6.45) is 2.46. The second kappa shape index (κ2) is 8.25. The van der Waals surface area contributed by atoms with E-state index < -0.39 is 0 Å². The van der Waals surface area contributed by atoms with E-state index in [0.717, 1.165) is 25.9 Å². The molecule has 0 aliphatic rings. The molecule has 0 unspecified atom stereocenters. The molecular formula is C13H22N2OS. The van der Waals surface area contributed by atoms with Crippen molar-refractivity contribution >= 4 is 17.2 Å². The Balaban J connectivity index is 1.98. The Bertz CT molecular complexity index is 309. The Hall–Kier alpha value is -0.870. The molecule has 1 aromatic heterocycles. The van der Waals surface area contributed by atoms with Gasteiger partial charge in [-0.05, 0) is 30.8 Å². The van der Waals surface area contributed by atoms with E-state index in [1.54, 1.807) is 11.3 Å². The lowest BCUT2D eigenvalue weighted by atomic mass is 10.2. The van der Waals surface area contributed by atoms with Gasteiger partial charge in [-0.15, -0.1) is 11.3 Å². The van der Waals surface area contributed by atoms with Crippen LogP contribution >= 0.6 is 11.3 Å². The van der Waals surface area contributed by atoms with Crippen LogP contribution in [0.1, 0.15) is 31.6 Å². The number of carbonyl (C=O) groups excluding carboxylic acids is 1. The maximum absolute atomic E-state index is 11.5. The highest BCUT2D eigenvalue weighted by atomic mass is 32.1. The van der Waals surface area contributed by atoms with Crippen LogP contribution in [0.2, 0.25) is 0 Å². The smallest absolute Gasteiger partial charge is 0.220 e. The molecule has 2 N–H and O–H groups in total. The third-order valence-corrected chi connectivity index (χ3v) is 3.34. The van der Waals surface area contributed by atoms with Crippen molar-refractivity contribution in [2.75, 3.05) is 13.1 Å². The predicted octanol–water partition coefficient (Wildman–Crippen LogP) is 2.18. The number of hydrogen-bond donors (Lipinski definition) is 2. The molecule has 1 rings (SSSR count). The van der Waals surface area contributed by atoms with Crippen molar-refractivity contribution in [3.05, 3.63) is 22.4 Å². The quantitative estimate of drug-likeness (QED) is 0.698. The first-order chi connectivity index (χ1) is 8.18. The molecule has 1 aromatic rings. The van der Waals surface area contributed by atoms with Crippen molar-refractivity contribution in [2.24, 2.45) is 0 Å². The van der Waals surface area contributed by atoms with Crippen LogP contribution in [0.5, 0.6) is 0 Å². The summed E-state index contributed by atoms with van der Waals surface area (Å²) in [6.45, 7) is 5.88. The van der Waals surface area contributed by atoms with Gasteiger partial charge in [0.2, 0.25) is 5.91 Å². The van der Waals surface area contributed by atoms with Gasteiger partial charge < -0.3 is 10.6 Å². The van der Waals surface area contributed by atoms with Crippen LogP contribution in [0.3, 0.4) is 0 Å². The number of thiophene rings is 1. The van der Waals surface area contributed by atoms with Gasteiger partial charge in [-0.2, -0.15) is 0 Å². The normalized spacial score (nSPS) is 10.8. The van der Waals surface area contributed by atoms with Crippen molar-refractivity contribution in [1.29, 1.82) is 0 Å². The molecule has 0 aromatic carbocycles. The van der Waals surface area contributed by atoms with E-state index in [4.69, 9.17) is 0 Å². The average Bonchev–Trinajstić information content (AvgIpc) is 2.77. The van der Waals surface area contributed by atoms with Crippen LogP contribution in [-0.2, 0) is 11.2 Å². The lowest BCUT2D eigenvalue weighted by Gasteiger charge is -2.07. The molecule has 17 heavy (non-hydrogen) atoms. The van der Waals surface area contributed by atoms with Gasteiger partial charge in [0.15, 0.2) is 0 Å². The Labute approximate surface area is 108 Å². The summed E-state index contributed by atoms with van der Waals surface area (Å²) in [5.74, 6) is 0.159. The third-order valence-electron chi connectivity index (χ3n) is 2.41. The van der Waals surface area contributed by atoms with E-state index in [2.05, 4.69) is 35.9 Å². The molecule has 0 spiro atoms. The molecule has 96 valence electrons. The first-order valence-electron chi connectivity index (χ1n) is 6.21. The molecule has 0 radical (unpaired) electrons. The second-order valence-electron chi connectivity index (χ2n) is 4.39. The Kier molecular flexibility index (Phi) is 6.89. The van der Waals surface area contributed by atoms with Crippen LogP contribution in [0, 0.1) is 0 Å². The molecule has 0 aliphatic carbocycles. The Morgan fingerprint density at radius 3 is 2.88 bits per heavy atom. The number of amides is 1. The van der Waals surface area contributed by atoms with E-state index in [9.17, 15) is 4.79 Å². The average molecular weight is 254 g/mol. The maximum atomic E-state index is 11.5. The SMILES string of the molecule is CC(C)NCCCC(=O)NCCc1cccs1. The molecule has 4 heteroatoms. The van der Waals surface area contributed by atoms with E-state index in [-0.39, 0.29) is 5.91 Å². The highest BCUT2D eigenvalue weighted by molar-refractivity contribution is 7.09. The zero-order valence-electron chi connectivity index (χ0n) is 10.7. The van der Waals surface area contributed by atoms with Crippen molar-refractivity contribution in [3.63, 3.8) is 0 Å². The summed E-state index contributed by atoms with van der Waals surface area (Å²) in [4.78, 5) is 12.8. The van der Waals surface area contributed by atoms with Gasteiger partial charge in [0, 0.05) is 23.9 Å². The van der Waals surface area contributed by atoms with Crippen LogP contribution in [-0.4, -0.2) is 25.0 Å². The minimum atomic E-state index is 0.159. The van der Waals surface area contributed by atoms with Gasteiger partial charge in [0.25, 0.3) is 0 Å². The summed E-state index contributed by atoms with van der Waals surface area (Å²) in [6, 6.07) is 4.64. The molecule has 1 heterocycles. The van der Waals surface area contributed by atoms with Crippen molar-refractivity contribution in [3.8, 4) is 0 Å². The van der Waals surface area contributed by atoms with Crippen molar-refractivity contribution in [1.82, 2.24) is 10.6 Å². The van der Waals surface area contributed by atoms with Gasteiger partial charge in [-0.1, -0.05) is 19.9 Å². The van der Waals surface area contributed by atoms with Crippen LogP contribution in [0.4, 0.5) is 0 Å². The zero-order chi connectivity index (χ0) is 12.5. The highest BCUT2D eigenvalue weighted by Gasteiger charge is 2.01. The van der Waals surface area contributed by atoms with Crippen LogP contribution in [0.25, 0.3) is 0 Å². The predicted molar refractivity (Wildman–Crippen MR) is 73.4 cm³/mol. The third kappa shape index (κ3) is 7.13. The van der Waals surface area contributed by atoms with Gasteiger partial charge in [0.1, 0.15) is 0 Å². The summed E-state index contributed by atoms with van der Waals surface area (Å²) in [5, 5.41) is 8.31. The van der Waals surface area contributed by atoms with Crippen molar-refractivity contribution in [2.45, 2.75) is 39.2 Å². The zero-order valence-corrected chi connectivity index (χ0v) is 11.5. The molecule has 1 amide bonds. The number of carbonyl (C=O) groups is 1. The first-order valence-corrected chi connectivity index (χ1v) is 7.09. The lowest BCUT2D eigenvalue weighted by Crippen LogP contribution is -2.28. The lowest BCUT2D eigenvalue weighted by molar-refractivity contribution is -0.121. The summed E-state index contributed by atoms with van der Waals surface area (Å²) in [7, 11) is 0. The van der Waals surface area contributed by atoms with E-state index in [1.807, 2.05) is 6.07 Å². The standard InChI is InChI=1S/C13H22N2OS/c1-11(2)14-8-3-6-13(16)15-9-7-12-5-4-10-17-12/h4-5,10-11,14H,3,6-9H2,1-2H3,(H,15,16). The maximum Gasteiger partial charge on any atom is 0.220 e. The summed E-state index contributed by atoms with van der Waals surface area (Å²) < 4.78 is 0. The van der Waals surface area contributed by atoms with E-state index >= 15 is 0 Å². The minimum absolute atomic E-state index is 0.159. The molecule has 0 fully saturated rings. The monoisotopic (exact) mass is 254 g/mol. The molecule has 0 bridgehead atoms. The van der Waals surface area contributed by atoms with E-state index in [0.29, 0.717) is 12.5 Å². The number of hydrogen-bond acceptors (Lipinski definition) is 3. The van der Waals surface area contributed by atoms with Crippen molar-refractivity contribution < 1.29 is 4.79 Å². The molecule has 3 nitrogen and oxygen atoms in total. The topological polar surface area (TPSA) is 41.1 Å². The highest BCUT2D eigenvalue weighted by Crippen LogP contribution is 2.08. The number of nitrogens with one attached hydrogen (secondary N) is 2. The largest absolute Gasteiger partial charge is 0.356 e. The fourth-order valence-electron chi connectivity index (χ4n) is 1.51. The Morgan fingerprint density at radius 2 is 2.24 bits per heavy atom. The molecule has 0 aliphatic heterocycles. The molecule has 0 saturated carbocycles. The van der Waals surface area contributed by atoms with Crippen LogP contribution in [0.15, 0.2) is 17.5 Å². The summed E-state index contributed by atoms with van der Waals surface area (Å²) >= 11 is 1.74. The van der Waals surface area contributed by atoms with E-state index in [1.165, 1.54) is 4.88 Å². The molecular weight excluding hydrogens is 232 g/mol. The molecule has 0 saturated heterocycles. The van der Waals surface area contributed by atoms with Crippen LogP contribution < -0.4 is 10.6 Å².